The van der Waals surface area contributed by atoms with E-state index in [1.807, 2.05) is 12.1 Å². The fourth-order valence-electron chi connectivity index (χ4n) is 3.15. The first-order valence-electron chi connectivity index (χ1n) is 9.34. The van der Waals surface area contributed by atoms with Crippen LogP contribution in [0, 0.1) is 5.92 Å². The molecule has 0 aliphatic carbocycles. The zero-order valence-electron chi connectivity index (χ0n) is 15.7. The molecule has 8 nitrogen and oxygen atoms in total. The highest BCUT2D eigenvalue weighted by atomic mass is 32.2. The zero-order chi connectivity index (χ0) is 18.6. The molecule has 27 heavy (non-hydrogen) atoms. The van der Waals surface area contributed by atoms with E-state index in [-0.39, 0.29) is 0 Å². The SMILES string of the molecule is CC(C)Cc1nc(CSc2nnc(N3CCCC3)n2Cc2ccco2)no1. The summed E-state index contributed by atoms with van der Waals surface area (Å²) < 4.78 is 13.0. The van der Waals surface area contributed by atoms with Crippen LogP contribution in [0.2, 0.25) is 0 Å². The van der Waals surface area contributed by atoms with Gasteiger partial charge in [-0.25, -0.2) is 0 Å². The van der Waals surface area contributed by atoms with Crippen LogP contribution >= 0.6 is 11.8 Å². The minimum Gasteiger partial charge on any atom is -0.467 e. The summed E-state index contributed by atoms with van der Waals surface area (Å²) in [4.78, 5) is 6.76. The average Bonchev–Trinajstić information content (AvgIpc) is 3.42. The maximum Gasteiger partial charge on any atom is 0.228 e. The van der Waals surface area contributed by atoms with Crippen LogP contribution in [0.5, 0.6) is 0 Å². The van der Waals surface area contributed by atoms with Crippen LogP contribution in [-0.4, -0.2) is 38.0 Å². The fraction of sp³-hybridized carbons (Fsp3) is 0.556. The standard InChI is InChI=1S/C18H24N6O2S/c1-13(2)10-16-19-15(22-26-16)12-27-18-21-20-17(23-7-3-4-8-23)24(18)11-14-6-5-9-25-14/h5-6,9,13H,3-4,7-8,10-12H2,1-2H3. The first kappa shape index (κ1) is 18.1. The van der Waals surface area contributed by atoms with Crippen molar-refractivity contribution >= 4 is 17.7 Å². The molecule has 0 spiro atoms. The van der Waals surface area contributed by atoms with Gasteiger partial charge in [-0.3, -0.25) is 4.57 Å². The Kier molecular flexibility index (Phi) is 5.47. The molecule has 0 bridgehead atoms. The number of nitrogens with zero attached hydrogens (tertiary/aromatic N) is 6. The van der Waals surface area contributed by atoms with Gasteiger partial charge in [0.1, 0.15) is 5.76 Å². The van der Waals surface area contributed by atoms with E-state index >= 15 is 0 Å². The first-order chi connectivity index (χ1) is 13.2. The van der Waals surface area contributed by atoms with Crippen molar-refractivity contribution in [2.24, 2.45) is 5.92 Å². The highest BCUT2D eigenvalue weighted by Gasteiger charge is 2.22. The van der Waals surface area contributed by atoms with Gasteiger partial charge in [-0.1, -0.05) is 30.8 Å². The summed E-state index contributed by atoms with van der Waals surface area (Å²) in [6.07, 6.45) is 4.87. The van der Waals surface area contributed by atoms with Crippen LogP contribution in [0.3, 0.4) is 0 Å². The highest BCUT2D eigenvalue weighted by Crippen LogP contribution is 2.27. The lowest BCUT2D eigenvalue weighted by molar-refractivity contribution is 0.360. The molecule has 3 aromatic rings. The van der Waals surface area contributed by atoms with Gasteiger partial charge in [-0.05, 0) is 30.9 Å². The van der Waals surface area contributed by atoms with Gasteiger partial charge in [0.05, 0.1) is 18.6 Å². The molecule has 0 radical (unpaired) electrons. The molecule has 9 heteroatoms. The fourth-order valence-corrected chi connectivity index (χ4v) is 3.92. The molecule has 0 aromatic carbocycles. The van der Waals surface area contributed by atoms with Crippen molar-refractivity contribution in [3.05, 3.63) is 35.9 Å². The molecule has 0 N–H and O–H groups in total. The number of rotatable bonds is 8. The summed E-state index contributed by atoms with van der Waals surface area (Å²) in [7, 11) is 0. The van der Waals surface area contributed by atoms with Crippen molar-refractivity contribution in [2.45, 2.75) is 50.6 Å². The molecule has 4 rings (SSSR count). The maximum absolute atomic E-state index is 5.54. The quantitative estimate of drug-likeness (QED) is 0.543. The molecule has 144 valence electrons. The lowest BCUT2D eigenvalue weighted by Crippen LogP contribution is -2.22. The third kappa shape index (κ3) is 4.35. The van der Waals surface area contributed by atoms with Crippen LogP contribution < -0.4 is 4.90 Å². The number of furan rings is 1. The molecule has 0 amide bonds. The van der Waals surface area contributed by atoms with E-state index in [0.717, 1.165) is 36.4 Å². The van der Waals surface area contributed by atoms with Gasteiger partial charge in [0.15, 0.2) is 11.0 Å². The second-order valence-electron chi connectivity index (χ2n) is 7.13. The Morgan fingerprint density at radius 1 is 1.22 bits per heavy atom. The summed E-state index contributed by atoms with van der Waals surface area (Å²) in [5, 5.41) is 13.8. The molecule has 3 aromatic heterocycles. The Balaban J connectivity index is 1.50. The molecule has 1 saturated heterocycles. The van der Waals surface area contributed by atoms with Crippen LogP contribution in [0.25, 0.3) is 0 Å². The van der Waals surface area contributed by atoms with Gasteiger partial charge in [0.25, 0.3) is 0 Å². The lowest BCUT2D eigenvalue weighted by Gasteiger charge is -2.17. The normalized spacial score (nSPS) is 14.6. The van der Waals surface area contributed by atoms with E-state index in [9.17, 15) is 0 Å². The summed E-state index contributed by atoms with van der Waals surface area (Å²) in [6, 6.07) is 3.87. The first-order valence-corrected chi connectivity index (χ1v) is 10.3. The van der Waals surface area contributed by atoms with E-state index in [1.54, 1.807) is 18.0 Å². The van der Waals surface area contributed by atoms with Crippen molar-refractivity contribution < 1.29 is 8.94 Å². The van der Waals surface area contributed by atoms with Crippen LogP contribution in [-0.2, 0) is 18.7 Å². The third-order valence-electron chi connectivity index (χ3n) is 4.40. The molecule has 1 aliphatic rings. The van der Waals surface area contributed by atoms with E-state index in [4.69, 9.17) is 8.94 Å². The number of aromatic nitrogens is 5. The van der Waals surface area contributed by atoms with Crippen molar-refractivity contribution in [3.63, 3.8) is 0 Å². The monoisotopic (exact) mass is 388 g/mol. The number of hydrogen-bond donors (Lipinski definition) is 0. The molecular formula is C18H24N6O2S. The Labute approximate surface area is 162 Å². The van der Waals surface area contributed by atoms with Gasteiger partial charge >= 0.3 is 0 Å². The molecule has 1 aliphatic heterocycles. The predicted molar refractivity (Wildman–Crippen MR) is 102 cm³/mol. The summed E-state index contributed by atoms with van der Waals surface area (Å²) in [6.45, 7) is 6.92. The second-order valence-corrected chi connectivity index (χ2v) is 8.08. The average molecular weight is 388 g/mol. The van der Waals surface area contributed by atoms with E-state index in [1.165, 1.54) is 12.8 Å². The van der Waals surface area contributed by atoms with Gasteiger partial charge in [-0.2, -0.15) is 4.98 Å². The maximum atomic E-state index is 5.54. The Morgan fingerprint density at radius 3 is 2.81 bits per heavy atom. The van der Waals surface area contributed by atoms with Crippen molar-refractivity contribution in [2.75, 3.05) is 18.0 Å². The minimum absolute atomic E-state index is 0.491. The Morgan fingerprint density at radius 2 is 2.07 bits per heavy atom. The molecule has 4 heterocycles. The van der Waals surface area contributed by atoms with Crippen LogP contribution in [0.4, 0.5) is 5.95 Å². The van der Waals surface area contributed by atoms with E-state index < -0.39 is 0 Å². The van der Waals surface area contributed by atoms with Gasteiger partial charge < -0.3 is 13.8 Å². The summed E-state index contributed by atoms with van der Waals surface area (Å²) >= 11 is 1.57. The van der Waals surface area contributed by atoms with Crippen LogP contribution in [0.1, 0.15) is 44.2 Å². The van der Waals surface area contributed by atoms with Gasteiger partial charge in [0.2, 0.25) is 11.8 Å². The molecule has 0 unspecified atom stereocenters. The number of hydrogen-bond acceptors (Lipinski definition) is 8. The van der Waals surface area contributed by atoms with Crippen LogP contribution in [0.15, 0.2) is 32.5 Å². The minimum atomic E-state index is 0.491. The van der Waals surface area contributed by atoms with Crippen molar-refractivity contribution in [3.8, 4) is 0 Å². The lowest BCUT2D eigenvalue weighted by atomic mass is 10.1. The number of anilines is 1. The smallest absolute Gasteiger partial charge is 0.228 e. The molecule has 1 fully saturated rings. The van der Waals surface area contributed by atoms with Crippen molar-refractivity contribution in [1.29, 1.82) is 0 Å². The summed E-state index contributed by atoms with van der Waals surface area (Å²) in [5.74, 6) is 4.25. The molecule has 0 saturated carbocycles. The Bertz CT molecular complexity index is 851. The molecule has 0 atom stereocenters. The van der Waals surface area contributed by atoms with Gasteiger partial charge in [0, 0.05) is 19.5 Å². The van der Waals surface area contributed by atoms with Crippen molar-refractivity contribution in [1.82, 2.24) is 24.9 Å². The zero-order valence-corrected chi connectivity index (χ0v) is 16.5. The largest absolute Gasteiger partial charge is 0.467 e. The van der Waals surface area contributed by atoms with Gasteiger partial charge in [-0.15, -0.1) is 10.2 Å². The predicted octanol–water partition coefficient (Wildman–Crippen LogP) is 3.39. The third-order valence-corrected chi connectivity index (χ3v) is 5.37. The molecular weight excluding hydrogens is 364 g/mol. The number of thioether (sulfide) groups is 1. The Hall–Kier alpha value is -2.29. The van der Waals surface area contributed by atoms with E-state index in [0.29, 0.717) is 29.9 Å². The van der Waals surface area contributed by atoms with E-state index in [2.05, 4.69) is 43.7 Å². The highest BCUT2D eigenvalue weighted by molar-refractivity contribution is 7.98. The topological polar surface area (TPSA) is 86.0 Å². The second kappa shape index (κ2) is 8.16. The summed E-state index contributed by atoms with van der Waals surface area (Å²) in [5.41, 5.74) is 0.